The first kappa shape index (κ1) is 13.7. The summed E-state index contributed by atoms with van der Waals surface area (Å²) in [6.45, 7) is 2.79. The van der Waals surface area contributed by atoms with E-state index in [2.05, 4.69) is 15.5 Å². The zero-order valence-electron chi connectivity index (χ0n) is 11.3. The first-order valence-corrected chi connectivity index (χ1v) is 7.21. The van der Waals surface area contributed by atoms with Crippen LogP contribution in [0.15, 0.2) is 28.7 Å². The van der Waals surface area contributed by atoms with Crippen LogP contribution in [-0.4, -0.2) is 21.8 Å². The van der Waals surface area contributed by atoms with Crippen LogP contribution in [0.4, 0.5) is 5.13 Å². The minimum absolute atomic E-state index is 0.218. The van der Waals surface area contributed by atoms with Gasteiger partial charge in [-0.3, -0.25) is 10.1 Å². The molecule has 7 heteroatoms. The average molecular weight is 303 g/mol. The number of ether oxygens (including phenoxy) is 1. The highest BCUT2D eigenvalue weighted by molar-refractivity contribution is 7.14. The summed E-state index contributed by atoms with van der Waals surface area (Å²) in [4.78, 5) is 16.4. The highest BCUT2D eigenvalue weighted by Crippen LogP contribution is 2.22. The molecule has 0 saturated carbocycles. The third-order valence-corrected chi connectivity index (χ3v) is 3.99. The molecule has 1 aliphatic rings. The maximum absolute atomic E-state index is 12.2. The molecule has 0 fully saturated rings. The van der Waals surface area contributed by atoms with E-state index in [1.165, 1.54) is 11.3 Å². The van der Waals surface area contributed by atoms with E-state index in [1.807, 2.05) is 12.1 Å². The van der Waals surface area contributed by atoms with Crippen molar-refractivity contribution in [2.75, 3.05) is 5.32 Å². The Morgan fingerprint density at radius 3 is 3.05 bits per heavy atom. The lowest BCUT2D eigenvalue weighted by atomic mass is 10.1. The SMILES string of the molecule is CC(=NO)c1csc(NC(=O)c2ccc3c(c2)COC3)n1. The van der Waals surface area contributed by atoms with E-state index in [9.17, 15) is 4.79 Å². The van der Waals surface area contributed by atoms with Crippen molar-refractivity contribution >= 4 is 28.1 Å². The Balaban J connectivity index is 1.76. The van der Waals surface area contributed by atoms with Crippen molar-refractivity contribution in [2.24, 2.45) is 5.16 Å². The van der Waals surface area contributed by atoms with Crippen molar-refractivity contribution in [3.05, 3.63) is 46.0 Å². The Morgan fingerprint density at radius 2 is 2.24 bits per heavy atom. The third kappa shape index (κ3) is 2.79. The molecule has 0 atom stereocenters. The van der Waals surface area contributed by atoms with Gasteiger partial charge in [-0.2, -0.15) is 0 Å². The Morgan fingerprint density at radius 1 is 1.43 bits per heavy atom. The Hall–Kier alpha value is -2.25. The van der Waals surface area contributed by atoms with Crippen LogP contribution in [0.1, 0.15) is 34.1 Å². The number of benzene rings is 1. The number of carbonyl (C=O) groups is 1. The summed E-state index contributed by atoms with van der Waals surface area (Å²) >= 11 is 1.28. The number of oxime groups is 1. The van der Waals surface area contributed by atoms with Gasteiger partial charge in [0.2, 0.25) is 0 Å². The van der Waals surface area contributed by atoms with Crippen molar-refractivity contribution in [3.63, 3.8) is 0 Å². The molecule has 0 bridgehead atoms. The zero-order valence-corrected chi connectivity index (χ0v) is 12.1. The van der Waals surface area contributed by atoms with E-state index in [1.54, 1.807) is 18.4 Å². The van der Waals surface area contributed by atoms with Gasteiger partial charge in [0.25, 0.3) is 5.91 Å². The summed E-state index contributed by atoms with van der Waals surface area (Å²) in [5, 5.41) is 16.7. The van der Waals surface area contributed by atoms with Crippen molar-refractivity contribution < 1.29 is 14.7 Å². The molecular formula is C14H13N3O3S. The maximum Gasteiger partial charge on any atom is 0.257 e. The smallest absolute Gasteiger partial charge is 0.257 e. The summed E-state index contributed by atoms with van der Waals surface area (Å²) in [7, 11) is 0. The van der Waals surface area contributed by atoms with Gasteiger partial charge in [-0.25, -0.2) is 4.98 Å². The van der Waals surface area contributed by atoms with Crippen LogP contribution in [-0.2, 0) is 18.0 Å². The standard InChI is InChI=1S/C14H13N3O3S/c1-8(17-19)12-7-21-14(15-12)16-13(18)9-2-3-10-5-20-6-11(10)4-9/h2-4,7,19H,5-6H2,1H3,(H,15,16,18). The normalized spacial score (nSPS) is 14.0. The third-order valence-electron chi connectivity index (χ3n) is 3.23. The van der Waals surface area contributed by atoms with Crippen LogP contribution in [0.3, 0.4) is 0 Å². The molecule has 0 radical (unpaired) electrons. The first-order chi connectivity index (χ1) is 10.2. The number of fused-ring (bicyclic) bond motifs is 1. The fraction of sp³-hybridized carbons (Fsp3) is 0.214. The molecule has 108 valence electrons. The van der Waals surface area contributed by atoms with Gasteiger partial charge in [-0.05, 0) is 30.2 Å². The lowest BCUT2D eigenvalue weighted by Crippen LogP contribution is -2.12. The van der Waals surface area contributed by atoms with Gasteiger partial charge >= 0.3 is 0 Å². The highest BCUT2D eigenvalue weighted by Gasteiger charge is 2.15. The van der Waals surface area contributed by atoms with E-state index in [0.29, 0.717) is 35.3 Å². The minimum atomic E-state index is -0.218. The number of anilines is 1. The van der Waals surface area contributed by atoms with Crippen molar-refractivity contribution in [2.45, 2.75) is 20.1 Å². The minimum Gasteiger partial charge on any atom is -0.411 e. The van der Waals surface area contributed by atoms with Crippen LogP contribution in [0, 0.1) is 0 Å². The predicted molar refractivity (Wildman–Crippen MR) is 79.0 cm³/mol. The molecule has 0 unspecified atom stereocenters. The number of carbonyl (C=O) groups excluding carboxylic acids is 1. The highest BCUT2D eigenvalue weighted by atomic mass is 32.1. The summed E-state index contributed by atoms with van der Waals surface area (Å²) < 4.78 is 5.33. The Bertz CT molecular complexity index is 724. The van der Waals surface area contributed by atoms with Gasteiger partial charge in [0, 0.05) is 10.9 Å². The van der Waals surface area contributed by atoms with Crippen LogP contribution in [0.5, 0.6) is 0 Å². The first-order valence-electron chi connectivity index (χ1n) is 6.33. The second kappa shape index (κ2) is 5.63. The molecule has 21 heavy (non-hydrogen) atoms. The summed E-state index contributed by atoms with van der Waals surface area (Å²) in [6, 6.07) is 5.53. The van der Waals surface area contributed by atoms with Gasteiger partial charge < -0.3 is 9.94 Å². The maximum atomic E-state index is 12.2. The van der Waals surface area contributed by atoms with Gasteiger partial charge in [0.05, 0.1) is 13.2 Å². The van der Waals surface area contributed by atoms with Gasteiger partial charge in [-0.15, -0.1) is 11.3 Å². The second-order valence-electron chi connectivity index (χ2n) is 4.65. The van der Waals surface area contributed by atoms with E-state index < -0.39 is 0 Å². The van der Waals surface area contributed by atoms with E-state index in [4.69, 9.17) is 9.94 Å². The Labute approximate surface area is 125 Å². The molecular weight excluding hydrogens is 290 g/mol. The Kier molecular flexibility index (Phi) is 3.68. The second-order valence-corrected chi connectivity index (χ2v) is 5.51. The van der Waals surface area contributed by atoms with Crippen molar-refractivity contribution in [1.29, 1.82) is 0 Å². The van der Waals surface area contributed by atoms with Crippen molar-refractivity contribution in [1.82, 2.24) is 4.98 Å². The lowest BCUT2D eigenvalue weighted by Gasteiger charge is -2.03. The van der Waals surface area contributed by atoms with Crippen LogP contribution >= 0.6 is 11.3 Å². The number of nitrogens with one attached hydrogen (secondary N) is 1. The summed E-state index contributed by atoms with van der Waals surface area (Å²) in [5.41, 5.74) is 3.69. The molecule has 1 aliphatic heterocycles. The van der Waals surface area contributed by atoms with Gasteiger partial charge in [0.1, 0.15) is 11.4 Å². The largest absolute Gasteiger partial charge is 0.411 e. The van der Waals surface area contributed by atoms with E-state index in [-0.39, 0.29) is 5.91 Å². The number of hydrogen-bond donors (Lipinski definition) is 2. The zero-order chi connectivity index (χ0) is 14.8. The van der Waals surface area contributed by atoms with Crippen LogP contribution in [0.2, 0.25) is 0 Å². The van der Waals surface area contributed by atoms with Crippen molar-refractivity contribution in [3.8, 4) is 0 Å². The number of amides is 1. The van der Waals surface area contributed by atoms with Gasteiger partial charge in [-0.1, -0.05) is 11.2 Å². The molecule has 2 heterocycles. The quantitative estimate of drug-likeness (QED) is 0.518. The molecule has 0 saturated heterocycles. The number of rotatable bonds is 3. The molecule has 3 rings (SSSR count). The number of aromatic nitrogens is 1. The van der Waals surface area contributed by atoms with Gasteiger partial charge in [0.15, 0.2) is 5.13 Å². The monoisotopic (exact) mass is 303 g/mol. The lowest BCUT2D eigenvalue weighted by molar-refractivity contribution is 0.102. The molecule has 2 N–H and O–H groups in total. The molecule has 0 aliphatic carbocycles. The topological polar surface area (TPSA) is 83.8 Å². The fourth-order valence-corrected chi connectivity index (χ4v) is 2.78. The van der Waals surface area contributed by atoms with Crippen LogP contribution in [0.25, 0.3) is 0 Å². The molecule has 6 nitrogen and oxygen atoms in total. The number of thiazole rings is 1. The number of nitrogens with zero attached hydrogens (tertiary/aromatic N) is 2. The van der Waals surface area contributed by atoms with Crippen LogP contribution < -0.4 is 5.32 Å². The summed E-state index contributed by atoms with van der Waals surface area (Å²) in [5.74, 6) is -0.218. The predicted octanol–water partition coefficient (Wildman–Crippen LogP) is 2.62. The molecule has 1 amide bonds. The summed E-state index contributed by atoms with van der Waals surface area (Å²) in [6.07, 6.45) is 0. The van der Waals surface area contributed by atoms with E-state index in [0.717, 1.165) is 11.1 Å². The molecule has 0 spiro atoms. The van der Waals surface area contributed by atoms with E-state index >= 15 is 0 Å². The molecule has 1 aromatic heterocycles. The molecule has 2 aromatic rings. The average Bonchev–Trinajstić information content (AvgIpc) is 3.14. The molecule has 1 aromatic carbocycles. The fourth-order valence-electron chi connectivity index (χ4n) is 2.03. The number of hydrogen-bond acceptors (Lipinski definition) is 6.